The molecule has 3 unspecified atom stereocenters. The second-order valence-electron chi connectivity index (χ2n) is 4.70. The number of carbonyl (C=O) groups excluding carboxylic acids is 2. The molecule has 0 aromatic heterocycles. The van der Waals surface area contributed by atoms with Crippen LogP contribution in [-0.4, -0.2) is 35.5 Å². The number of hydrogen-bond donors (Lipinski definition) is 3. The molecule has 0 radical (unpaired) electrons. The van der Waals surface area contributed by atoms with Crippen molar-refractivity contribution in [3.05, 3.63) is 0 Å². The third-order valence-electron chi connectivity index (χ3n) is 3.49. The summed E-state index contributed by atoms with van der Waals surface area (Å²) in [6.45, 7) is 0.440. The SMILES string of the molecule is O=C1CC(NC(=O)C2CCCC2C(=O)O)CN1. The highest BCUT2D eigenvalue weighted by Crippen LogP contribution is 2.32. The second kappa shape index (κ2) is 4.73. The van der Waals surface area contributed by atoms with Crippen LogP contribution >= 0.6 is 0 Å². The van der Waals surface area contributed by atoms with Crippen molar-refractivity contribution in [1.29, 1.82) is 0 Å². The monoisotopic (exact) mass is 240 g/mol. The van der Waals surface area contributed by atoms with Crippen LogP contribution in [0.1, 0.15) is 25.7 Å². The molecule has 17 heavy (non-hydrogen) atoms. The van der Waals surface area contributed by atoms with E-state index in [0.29, 0.717) is 19.4 Å². The van der Waals surface area contributed by atoms with E-state index in [0.717, 1.165) is 6.42 Å². The number of aliphatic carboxylic acids is 1. The zero-order valence-electron chi connectivity index (χ0n) is 9.44. The first-order chi connectivity index (χ1) is 8.08. The van der Waals surface area contributed by atoms with Crippen molar-refractivity contribution in [2.75, 3.05) is 6.54 Å². The lowest BCUT2D eigenvalue weighted by atomic mass is 9.95. The van der Waals surface area contributed by atoms with Crippen LogP contribution in [0.15, 0.2) is 0 Å². The summed E-state index contributed by atoms with van der Waals surface area (Å²) in [5.74, 6) is -2.21. The van der Waals surface area contributed by atoms with Gasteiger partial charge in [0.15, 0.2) is 0 Å². The summed E-state index contributed by atoms with van der Waals surface area (Å²) in [7, 11) is 0. The summed E-state index contributed by atoms with van der Waals surface area (Å²) in [5, 5.41) is 14.4. The van der Waals surface area contributed by atoms with Crippen LogP contribution in [0.2, 0.25) is 0 Å². The summed E-state index contributed by atoms with van der Waals surface area (Å²) in [6, 6.07) is -0.190. The normalized spacial score (nSPS) is 32.2. The topological polar surface area (TPSA) is 95.5 Å². The largest absolute Gasteiger partial charge is 0.481 e. The molecule has 2 rings (SSSR count). The van der Waals surface area contributed by atoms with Gasteiger partial charge in [-0.3, -0.25) is 14.4 Å². The van der Waals surface area contributed by atoms with Crippen LogP contribution in [0.4, 0.5) is 0 Å². The van der Waals surface area contributed by atoms with Crippen molar-refractivity contribution in [3.8, 4) is 0 Å². The number of hydrogen-bond acceptors (Lipinski definition) is 3. The fourth-order valence-corrected chi connectivity index (χ4v) is 2.58. The van der Waals surface area contributed by atoms with E-state index in [4.69, 9.17) is 5.11 Å². The molecule has 0 spiro atoms. The van der Waals surface area contributed by atoms with E-state index in [1.807, 2.05) is 0 Å². The van der Waals surface area contributed by atoms with Crippen molar-refractivity contribution in [1.82, 2.24) is 10.6 Å². The fourth-order valence-electron chi connectivity index (χ4n) is 2.58. The van der Waals surface area contributed by atoms with Gasteiger partial charge in [-0.15, -0.1) is 0 Å². The predicted octanol–water partition coefficient (Wildman–Crippen LogP) is -0.508. The Bertz CT molecular complexity index is 355. The standard InChI is InChI=1S/C11H16N2O4/c14-9-4-6(5-12-9)13-10(15)7-2-1-3-8(7)11(16)17/h6-8H,1-5H2,(H,12,14)(H,13,15)(H,16,17). The lowest BCUT2D eigenvalue weighted by Gasteiger charge is -2.18. The number of carboxylic acid groups (broad SMARTS) is 1. The van der Waals surface area contributed by atoms with Gasteiger partial charge in [0.2, 0.25) is 11.8 Å². The summed E-state index contributed by atoms with van der Waals surface area (Å²) in [6.07, 6.45) is 2.25. The smallest absolute Gasteiger partial charge is 0.307 e. The Hall–Kier alpha value is -1.59. The second-order valence-corrected chi connectivity index (χ2v) is 4.70. The van der Waals surface area contributed by atoms with Gasteiger partial charge in [0.05, 0.1) is 17.9 Å². The van der Waals surface area contributed by atoms with E-state index in [-0.39, 0.29) is 24.3 Å². The number of nitrogens with one attached hydrogen (secondary N) is 2. The Morgan fingerprint density at radius 2 is 2.00 bits per heavy atom. The molecule has 0 aromatic carbocycles. The molecule has 2 amide bonds. The third kappa shape index (κ3) is 2.57. The number of carbonyl (C=O) groups is 3. The van der Waals surface area contributed by atoms with Gasteiger partial charge < -0.3 is 15.7 Å². The Morgan fingerprint density at radius 3 is 2.59 bits per heavy atom. The van der Waals surface area contributed by atoms with Crippen LogP contribution in [-0.2, 0) is 14.4 Å². The maximum absolute atomic E-state index is 11.9. The molecule has 1 aliphatic carbocycles. The molecule has 1 saturated heterocycles. The van der Waals surface area contributed by atoms with Crippen LogP contribution < -0.4 is 10.6 Å². The van der Waals surface area contributed by atoms with Crippen LogP contribution in [0.3, 0.4) is 0 Å². The van der Waals surface area contributed by atoms with Crippen molar-refractivity contribution in [2.45, 2.75) is 31.7 Å². The molecule has 1 aliphatic heterocycles. The van der Waals surface area contributed by atoms with Gasteiger partial charge in [-0.05, 0) is 12.8 Å². The predicted molar refractivity (Wildman–Crippen MR) is 58.0 cm³/mol. The van der Waals surface area contributed by atoms with Gasteiger partial charge in [-0.1, -0.05) is 6.42 Å². The Balaban J connectivity index is 1.91. The Labute approximate surface area is 98.8 Å². The molecule has 6 nitrogen and oxygen atoms in total. The Morgan fingerprint density at radius 1 is 1.29 bits per heavy atom. The van der Waals surface area contributed by atoms with Gasteiger partial charge in [-0.25, -0.2) is 0 Å². The minimum Gasteiger partial charge on any atom is -0.481 e. The highest BCUT2D eigenvalue weighted by Gasteiger charge is 2.38. The number of rotatable bonds is 3. The number of amides is 2. The third-order valence-corrected chi connectivity index (χ3v) is 3.49. The first kappa shape index (κ1) is 11.9. The maximum atomic E-state index is 11.9. The van der Waals surface area contributed by atoms with E-state index < -0.39 is 17.8 Å². The van der Waals surface area contributed by atoms with Crippen molar-refractivity contribution >= 4 is 17.8 Å². The summed E-state index contributed by atoms with van der Waals surface area (Å²) in [5.41, 5.74) is 0. The molecule has 0 bridgehead atoms. The van der Waals surface area contributed by atoms with Crippen LogP contribution in [0.25, 0.3) is 0 Å². The van der Waals surface area contributed by atoms with E-state index in [1.165, 1.54) is 0 Å². The number of carboxylic acids is 1. The average Bonchev–Trinajstić information content (AvgIpc) is 2.86. The Kier molecular flexibility index (Phi) is 3.31. The molecular formula is C11H16N2O4. The highest BCUT2D eigenvalue weighted by molar-refractivity contribution is 5.86. The van der Waals surface area contributed by atoms with Gasteiger partial charge in [0, 0.05) is 13.0 Å². The van der Waals surface area contributed by atoms with Gasteiger partial charge in [-0.2, -0.15) is 0 Å². The maximum Gasteiger partial charge on any atom is 0.307 e. The van der Waals surface area contributed by atoms with E-state index in [1.54, 1.807) is 0 Å². The fraction of sp³-hybridized carbons (Fsp3) is 0.727. The molecule has 94 valence electrons. The highest BCUT2D eigenvalue weighted by atomic mass is 16.4. The van der Waals surface area contributed by atoms with E-state index in [2.05, 4.69) is 10.6 Å². The molecule has 3 N–H and O–H groups in total. The van der Waals surface area contributed by atoms with Crippen LogP contribution in [0.5, 0.6) is 0 Å². The van der Waals surface area contributed by atoms with Crippen LogP contribution in [0, 0.1) is 11.8 Å². The lowest BCUT2D eigenvalue weighted by Crippen LogP contribution is -2.42. The molecule has 1 heterocycles. The van der Waals surface area contributed by atoms with Crippen molar-refractivity contribution < 1.29 is 19.5 Å². The van der Waals surface area contributed by atoms with Crippen molar-refractivity contribution in [3.63, 3.8) is 0 Å². The first-order valence-electron chi connectivity index (χ1n) is 5.88. The van der Waals surface area contributed by atoms with Crippen molar-refractivity contribution in [2.24, 2.45) is 11.8 Å². The molecule has 3 atom stereocenters. The van der Waals surface area contributed by atoms with Gasteiger partial charge >= 0.3 is 5.97 Å². The molecular weight excluding hydrogens is 224 g/mol. The molecule has 2 fully saturated rings. The molecule has 6 heteroatoms. The van der Waals surface area contributed by atoms with E-state index >= 15 is 0 Å². The minimum atomic E-state index is -0.900. The summed E-state index contributed by atoms with van der Waals surface area (Å²) < 4.78 is 0. The quantitative estimate of drug-likeness (QED) is 0.619. The average molecular weight is 240 g/mol. The minimum absolute atomic E-state index is 0.0727. The zero-order chi connectivity index (χ0) is 12.4. The molecule has 2 aliphatic rings. The zero-order valence-corrected chi connectivity index (χ0v) is 9.44. The van der Waals surface area contributed by atoms with Gasteiger partial charge in [0.1, 0.15) is 0 Å². The van der Waals surface area contributed by atoms with E-state index in [9.17, 15) is 14.4 Å². The first-order valence-corrected chi connectivity index (χ1v) is 5.88. The summed E-state index contributed by atoms with van der Waals surface area (Å²) >= 11 is 0. The van der Waals surface area contributed by atoms with Gasteiger partial charge in [0.25, 0.3) is 0 Å². The molecule has 1 saturated carbocycles. The lowest BCUT2D eigenvalue weighted by molar-refractivity contribution is -0.146. The molecule has 0 aromatic rings. The summed E-state index contributed by atoms with van der Waals surface area (Å²) in [4.78, 5) is 33.8.